The van der Waals surface area contributed by atoms with Crippen LogP contribution >= 0.6 is 47.0 Å². The monoisotopic (exact) mass is 1090 g/mol. The van der Waals surface area contributed by atoms with E-state index in [0.29, 0.717) is 35.2 Å². The number of carbonyl (C=O) groups is 1. The fourth-order valence-corrected chi connectivity index (χ4v) is 9.37. The van der Waals surface area contributed by atoms with Gasteiger partial charge in [0.2, 0.25) is 0 Å². The average molecular weight is 1090 g/mol. The van der Waals surface area contributed by atoms with E-state index in [0.717, 1.165) is 127 Å². The van der Waals surface area contributed by atoms with E-state index < -0.39 is 16.1 Å². The largest absolute Gasteiger partial charge is 0.481 e. The van der Waals surface area contributed by atoms with Gasteiger partial charge < -0.3 is 34.8 Å². The number of aryl methyl sites for hydroxylation is 3. The van der Waals surface area contributed by atoms with Crippen molar-refractivity contribution in [1.29, 1.82) is 0 Å². The van der Waals surface area contributed by atoms with Crippen molar-refractivity contribution < 1.29 is 51.0 Å². The first kappa shape index (κ1) is 70.3. The van der Waals surface area contributed by atoms with Crippen molar-refractivity contribution >= 4 is 63.1 Å². The van der Waals surface area contributed by atoms with Gasteiger partial charge in [0.15, 0.2) is 6.42 Å². The number of thioether (sulfide) groups is 4. The lowest BCUT2D eigenvalue weighted by Crippen LogP contribution is -2.35. The molecule has 0 aliphatic rings. The van der Waals surface area contributed by atoms with E-state index in [4.69, 9.17) is 34.3 Å². The van der Waals surface area contributed by atoms with Crippen LogP contribution < -0.4 is 14.9 Å². The van der Waals surface area contributed by atoms with Gasteiger partial charge in [-0.2, -0.15) is 55.5 Å². The fraction of sp³-hybridized carbons (Fsp3) is 0.796. The van der Waals surface area contributed by atoms with E-state index in [1.807, 2.05) is 68.6 Å². The Morgan fingerprint density at radius 1 is 0.629 bits per heavy atom. The molecule has 0 aromatic carbocycles. The molecule has 3 aromatic heterocycles. The summed E-state index contributed by atoms with van der Waals surface area (Å²) in [6.07, 6.45) is 18.0. The standard InChI is InChI=1S/C12H22N2OS.C10H20O3S.C9H12N4.C9H21NOS.C9H20O4S2/c1-11(2)10-15-7-3-8-16-9-4-12-13-5-6-14-12;1-9(2)8-13-5-3-6-14-7-4-10(11)12;1-12-5-3-10-8(12)7-9-11-4-6-13(9)2;1-9(2)8-11-5-3-6-12-7-4-10;1-9(2)8-13-4-3-5-14-6-7-15(10,11)12/h5-6,11H,3-4,7-10H2,1-2H3,(H,13,14);9H,3-8H2,1-2H3,(H,11,12);3-6H,7H2,1-2H3;9H,3-8,10H2,1-2H3;9H,3-8H2,1-2H3,(H,10,11,12)/p+2. The van der Waals surface area contributed by atoms with Gasteiger partial charge in [0, 0.05) is 101 Å². The summed E-state index contributed by atoms with van der Waals surface area (Å²) in [5.74, 6) is 12.6. The van der Waals surface area contributed by atoms with Gasteiger partial charge in [0.1, 0.15) is 30.6 Å². The third kappa shape index (κ3) is 54.0. The normalized spacial score (nSPS) is 11.2. The van der Waals surface area contributed by atoms with Crippen LogP contribution in [-0.2, 0) is 60.8 Å². The van der Waals surface area contributed by atoms with Crippen molar-refractivity contribution in [2.45, 2.75) is 100 Å². The summed E-state index contributed by atoms with van der Waals surface area (Å²) < 4.78 is 55.0. The van der Waals surface area contributed by atoms with Gasteiger partial charge in [0.25, 0.3) is 21.8 Å². The van der Waals surface area contributed by atoms with Crippen LogP contribution in [0.15, 0.2) is 37.2 Å². The van der Waals surface area contributed by atoms with Crippen molar-refractivity contribution in [2.24, 2.45) is 43.5 Å². The van der Waals surface area contributed by atoms with Crippen LogP contribution in [0.1, 0.15) is 105 Å². The molecule has 0 fully saturated rings. The zero-order valence-electron chi connectivity index (χ0n) is 44.7. The van der Waals surface area contributed by atoms with Crippen molar-refractivity contribution in [3.05, 3.63) is 54.7 Å². The summed E-state index contributed by atoms with van der Waals surface area (Å²) in [7, 11) is 0.288. The molecule has 0 aliphatic carbocycles. The first-order chi connectivity index (χ1) is 33.4. The molecule has 3 aromatic rings. The third-order valence-corrected chi connectivity index (χ3v) is 13.9. The van der Waals surface area contributed by atoms with E-state index in [9.17, 15) is 13.2 Å². The zero-order valence-corrected chi connectivity index (χ0v) is 48.7. The summed E-state index contributed by atoms with van der Waals surface area (Å²) in [4.78, 5) is 23.9. The molecule has 410 valence electrons. The second-order valence-corrected chi connectivity index (χ2v) is 24.4. The smallest absolute Gasteiger partial charge is 0.304 e. The quantitative estimate of drug-likeness (QED) is 0.0183. The number of nitrogens with zero attached hydrogens (tertiary/aromatic N) is 3. The molecule has 3 rings (SSSR count). The Morgan fingerprint density at radius 3 is 1.36 bits per heavy atom. The molecule has 16 nitrogen and oxygen atoms in total. The van der Waals surface area contributed by atoms with Crippen LogP contribution in [0.4, 0.5) is 0 Å². The summed E-state index contributed by atoms with van der Waals surface area (Å²) in [5.41, 5.74) is 5.36. The average Bonchev–Trinajstić information content (AvgIpc) is 4.07. The Labute approximate surface area is 441 Å². The number of aromatic nitrogens is 6. The Kier molecular flexibility index (Phi) is 49.6. The molecular formula is C49H97N7O9S5+2. The lowest BCUT2D eigenvalue weighted by Gasteiger charge is -2.06. The molecule has 0 unspecified atom stereocenters. The van der Waals surface area contributed by atoms with E-state index >= 15 is 0 Å². The van der Waals surface area contributed by atoms with Crippen LogP contribution in [-0.4, -0.2) is 155 Å². The SMILES string of the molecule is CC(C)COCCCSCCC(=O)O.CC(C)COCCCSCCN.CC(C)COCCCSCCS(=O)(=O)O.CC(C)COCCCSCCc1ncc[nH]1.C[n+]1cc[nH]c1Cc1[nH]cc[n+]1C. The van der Waals surface area contributed by atoms with Crippen LogP contribution in [0.2, 0.25) is 0 Å². The zero-order chi connectivity index (χ0) is 52.7. The Bertz CT molecular complexity index is 1630. The molecule has 3 heterocycles. The molecule has 0 saturated carbocycles. The van der Waals surface area contributed by atoms with Crippen LogP contribution in [0.25, 0.3) is 0 Å². The molecule has 7 N–H and O–H groups in total. The van der Waals surface area contributed by atoms with Gasteiger partial charge in [-0.15, -0.1) is 0 Å². The maximum absolute atomic E-state index is 10.4. The number of imidazole rings is 3. The number of aromatic amines is 3. The summed E-state index contributed by atoms with van der Waals surface area (Å²) in [6.45, 7) is 24.6. The number of H-pyrrole nitrogens is 3. The lowest BCUT2D eigenvalue weighted by atomic mass is 10.2. The van der Waals surface area contributed by atoms with Crippen LogP contribution in [0, 0.1) is 23.7 Å². The molecule has 0 atom stereocenters. The maximum Gasteiger partial charge on any atom is 0.304 e. The highest BCUT2D eigenvalue weighted by atomic mass is 32.2. The van der Waals surface area contributed by atoms with Crippen molar-refractivity contribution in [3.8, 4) is 0 Å². The topological polar surface area (TPSA) is 223 Å². The number of nitrogens with two attached hydrogens (primary N) is 1. The number of nitrogens with one attached hydrogen (secondary N) is 3. The lowest BCUT2D eigenvalue weighted by molar-refractivity contribution is -0.690. The van der Waals surface area contributed by atoms with Crippen molar-refractivity contribution in [3.63, 3.8) is 0 Å². The Hall–Kier alpha value is -1.79. The number of hydrogen-bond acceptors (Lipinski definition) is 13. The minimum atomic E-state index is -3.78. The second-order valence-electron chi connectivity index (χ2n) is 18.0. The van der Waals surface area contributed by atoms with Crippen molar-refractivity contribution in [1.82, 2.24) is 19.9 Å². The van der Waals surface area contributed by atoms with Crippen LogP contribution in [0.3, 0.4) is 0 Å². The third-order valence-electron chi connectivity index (χ3n) is 8.64. The highest BCUT2D eigenvalue weighted by molar-refractivity contribution is 8.00. The van der Waals surface area contributed by atoms with Gasteiger partial charge in [-0.1, -0.05) is 55.4 Å². The molecule has 0 saturated heterocycles. The number of carboxylic acids is 1. The molecule has 0 spiro atoms. The molecule has 0 amide bonds. The number of hydrogen-bond donors (Lipinski definition) is 6. The number of rotatable bonds is 37. The summed E-state index contributed by atoms with van der Waals surface area (Å²) in [6, 6.07) is 0. The minimum Gasteiger partial charge on any atom is -0.481 e. The molecular weight excluding hydrogens is 991 g/mol. The first-order valence-electron chi connectivity index (χ1n) is 24.9. The summed E-state index contributed by atoms with van der Waals surface area (Å²) >= 11 is 7.08. The van der Waals surface area contributed by atoms with Gasteiger partial charge in [-0.3, -0.25) is 9.35 Å². The van der Waals surface area contributed by atoms with Crippen molar-refractivity contribution in [2.75, 3.05) is 111 Å². The Balaban J connectivity index is 0. The molecule has 0 aliphatic heterocycles. The predicted molar refractivity (Wildman–Crippen MR) is 297 cm³/mol. The van der Waals surface area contributed by atoms with Gasteiger partial charge in [0.05, 0.1) is 26.3 Å². The molecule has 0 bridgehead atoms. The predicted octanol–water partition coefficient (Wildman–Crippen LogP) is 8.00. The second kappa shape index (κ2) is 49.4. The Morgan fingerprint density at radius 2 is 1.03 bits per heavy atom. The summed E-state index contributed by atoms with van der Waals surface area (Å²) in [5, 5.41) is 8.38. The number of carboxylic acid groups (broad SMARTS) is 1. The first-order valence-corrected chi connectivity index (χ1v) is 31.1. The maximum atomic E-state index is 10.4. The minimum absolute atomic E-state index is 0.162. The molecule has 21 heteroatoms. The van der Waals surface area contributed by atoms with Gasteiger partial charge in [-0.25, -0.2) is 24.1 Å². The molecule has 0 radical (unpaired) electrons. The van der Waals surface area contributed by atoms with Gasteiger partial charge >= 0.3 is 5.97 Å². The highest BCUT2D eigenvalue weighted by Gasteiger charge is 2.15. The molecule has 70 heavy (non-hydrogen) atoms. The van der Waals surface area contributed by atoms with Gasteiger partial charge in [-0.05, 0) is 72.4 Å². The van der Waals surface area contributed by atoms with E-state index in [1.54, 1.807) is 18.0 Å². The number of ether oxygens (including phenoxy) is 4. The van der Waals surface area contributed by atoms with E-state index in [2.05, 4.69) is 84.5 Å². The fourth-order valence-electron chi connectivity index (χ4n) is 5.13. The highest BCUT2D eigenvalue weighted by Crippen LogP contribution is 2.08. The number of aliphatic carboxylic acids is 1. The van der Waals surface area contributed by atoms with Crippen LogP contribution in [0.5, 0.6) is 0 Å². The van der Waals surface area contributed by atoms with E-state index in [-0.39, 0.29) is 12.2 Å². The van der Waals surface area contributed by atoms with E-state index in [1.165, 1.54) is 34.9 Å².